The van der Waals surface area contributed by atoms with Crippen LogP contribution < -0.4 is 5.73 Å². The fraction of sp³-hybridized carbons (Fsp3) is 0.333. The summed E-state index contributed by atoms with van der Waals surface area (Å²) in [5.41, 5.74) is 8.95. The summed E-state index contributed by atoms with van der Waals surface area (Å²) in [5.74, 6) is 0.150. The minimum atomic E-state index is 0.0377. The van der Waals surface area contributed by atoms with Crippen molar-refractivity contribution >= 4 is 51.9 Å². The molecule has 4 nitrogen and oxygen atoms in total. The van der Waals surface area contributed by atoms with Gasteiger partial charge in [-0.3, -0.25) is 9.48 Å². The highest BCUT2D eigenvalue weighted by molar-refractivity contribution is 7.14. The number of benzene rings is 1. The van der Waals surface area contributed by atoms with Gasteiger partial charge in [0.2, 0.25) is 0 Å². The number of Topliss-reactive ketones (excluding diaryl/α,β-unsaturated/α-hetero) is 1. The quantitative estimate of drug-likeness (QED) is 0.458. The van der Waals surface area contributed by atoms with E-state index in [-0.39, 0.29) is 11.7 Å². The molecule has 1 aliphatic heterocycles. The van der Waals surface area contributed by atoms with E-state index in [0.29, 0.717) is 34.5 Å². The van der Waals surface area contributed by atoms with E-state index in [1.54, 1.807) is 23.6 Å². The zero-order valence-electron chi connectivity index (χ0n) is 15.6. The zero-order valence-corrected chi connectivity index (χ0v) is 18.7. The number of thiophene rings is 1. The summed E-state index contributed by atoms with van der Waals surface area (Å²) in [4.78, 5) is 15.0. The topological polar surface area (TPSA) is 60.9 Å². The molecule has 0 spiro atoms. The van der Waals surface area contributed by atoms with Gasteiger partial charge in [-0.25, -0.2) is 0 Å². The number of hydrogen-bond acceptors (Lipinski definition) is 4. The number of ketones is 1. The predicted molar refractivity (Wildman–Crippen MR) is 121 cm³/mol. The minimum absolute atomic E-state index is 0.0377. The third kappa shape index (κ3) is 4.39. The predicted octanol–water partition coefficient (Wildman–Crippen LogP) is 5.91. The molecule has 3 aromatic rings. The Morgan fingerprint density at radius 1 is 1.21 bits per heavy atom. The Morgan fingerprint density at radius 3 is 2.79 bits per heavy atom. The van der Waals surface area contributed by atoms with Gasteiger partial charge in [0.05, 0.1) is 31.8 Å². The summed E-state index contributed by atoms with van der Waals surface area (Å²) in [5, 5.41) is 6.03. The first-order valence-electron chi connectivity index (χ1n) is 9.48. The molecule has 8 heteroatoms. The van der Waals surface area contributed by atoms with Crippen molar-refractivity contribution in [3.05, 3.63) is 60.8 Å². The van der Waals surface area contributed by atoms with Gasteiger partial charge in [-0.2, -0.15) is 5.10 Å². The molecule has 1 aliphatic rings. The van der Waals surface area contributed by atoms with Crippen molar-refractivity contribution in [3.63, 3.8) is 0 Å². The Hall–Kier alpha value is -1.37. The smallest absolute Gasteiger partial charge is 0.173 e. The van der Waals surface area contributed by atoms with E-state index in [4.69, 9.17) is 40.5 Å². The van der Waals surface area contributed by atoms with Gasteiger partial charge in [0.15, 0.2) is 5.78 Å². The monoisotopic (exact) mass is 467 g/mol. The van der Waals surface area contributed by atoms with Crippen LogP contribution >= 0.6 is 46.1 Å². The van der Waals surface area contributed by atoms with E-state index in [1.807, 2.05) is 22.9 Å². The number of aromatic nitrogens is 2. The Bertz CT molecular complexity index is 1060. The summed E-state index contributed by atoms with van der Waals surface area (Å²) >= 11 is 20.0. The number of nitrogens with zero attached hydrogens (tertiary/aromatic N) is 2. The molecule has 4 rings (SSSR count). The standard InChI is InChI=1S/C21H20Cl3N3OS/c22-15-4-3-12(7-16(15)23)6-13(10-25)8-18(28)20-9-14-19(29-20)2-1-5-27-21(14)17(24)11-26-27/h3-4,7,9,11,13H,1-2,5-6,8,10,25H2. The number of aryl methyl sites for hydroxylation is 2. The van der Waals surface area contributed by atoms with Crippen molar-refractivity contribution in [1.29, 1.82) is 0 Å². The van der Waals surface area contributed by atoms with Gasteiger partial charge in [-0.05, 0) is 55.5 Å². The van der Waals surface area contributed by atoms with Crippen molar-refractivity contribution in [2.75, 3.05) is 6.54 Å². The van der Waals surface area contributed by atoms with Crippen LogP contribution in [0.15, 0.2) is 30.5 Å². The lowest BCUT2D eigenvalue weighted by molar-refractivity contribution is 0.0966. The third-order valence-electron chi connectivity index (χ3n) is 5.22. The summed E-state index contributed by atoms with van der Waals surface area (Å²) in [6.45, 7) is 1.27. The maximum atomic E-state index is 13.0. The molecule has 2 aromatic heterocycles. The molecule has 1 atom stereocenters. The second kappa shape index (κ2) is 8.78. The maximum Gasteiger partial charge on any atom is 0.173 e. The average Bonchev–Trinajstić information content (AvgIpc) is 3.23. The van der Waals surface area contributed by atoms with Gasteiger partial charge in [-0.1, -0.05) is 40.9 Å². The first-order chi connectivity index (χ1) is 14.0. The molecule has 1 unspecified atom stereocenters. The minimum Gasteiger partial charge on any atom is -0.330 e. The van der Waals surface area contributed by atoms with Gasteiger partial charge < -0.3 is 5.73 Å². The molecule has 3 heterocycles. The molecule has 2 N–H and O–H groups in total. The van der Waals surface area contributed by atoms with Crippen molar-refractivity contribution in [2.24, 2.45) is 11.7 Å². The van der Waals surface area contributed by atoms with Crippen LogP contribution in [0.2, 0.25) is 15.1 Å². The molecule has 0 saturated carbocycles. The van der Waals surface area contributed by atoms with Crippen molar-refractivity contribution in [2.45, 2.75) is 32.2 Å². The van der Waals surface area contributed by atoms with Gasteiger partial charge in [0.1, 0.15) is 0 Å². The molecular formula is C21H20Cl3N3OS. The summed E-state index contributed by atoms with van der Waals surface area (Å²) in [7, 11) is 0. The van der Waals surface area contributed by atoms with Crippen LogP contribution in [0.3, 0.4) is 0 Å². The van der Waals surface area contributed by atoms with Crippen LogP contribution in [-0.2, 0) is 19.4 Å². The lowest BCUT2D eigenvalue weighted by atomic mass is 9.94. The maximum absolute atomic E-state index is 13.0. The van der Waals surface area contributed by atoms with Crippen LogP contribution in [0.5, 0.6) is 0 Å². The van der Waals surface area contributed by atoms with E-state index < -0.39 is 0 Å². The van der Waals surface area contributed by atoms with Crippen LogP contribution in [0, 0.1) is 5.92 Å². The number of halogens is 3. The molecule has 0 amide bonds. The lowest BCUT2D eigenvalue weighted by Crippen LogP contribution is -2.20. The molecule has 0 bridgehead atoms. The Labute approximate surface area is 188 Å². The number of carbonyl (C=O) groups excluding carboxylic acids is 1. The molecule has 0 saturated heterocycles. The van der Waals surface area contributed by atoms with Crippen molar-refractivity contribution < 1.29 is 4.79 Å². The van der Waals surface area contributed by atoms with Crippen LogP contribution in [0.1, 0.15) is 33.0 Å². The van der Waals surface area contributed by atoms with E-state index in [9.17, 15) is 4.79 Å². The number of rotatable bonds is 6. The molecule has 152 valence electrons. The van der Waals surface area contributed by atoms with Crippen molar-refractivity contribution in [3.8, 4) is 11.3 Å². The van der Waals surface area contributed by atoms with E-state index >= 15 is 0 Å². The number of nitrogens with two attached hydrogens (primary N) is 1. The zero-order chi connectivity index (χ0) is 20.5. The first kappa shape index (κ1) is 20.9. The van der Waals surface area contributed by atoms with E-state index in [0.717, 1.165) is 41.1 Å². The van der Waals surface area contributed by atoms with Gasteiger partial charge in [0, 0.05) is 23.4 Å². The SMILES string of the molecule is NCC(CC(=O)c1cc2c(s1)CCCn1ncc(Cl)c1-2)Cc1ccc(Cl)c(Cl)c1. The lowest BCUT2D eigenvalue weighted by Gasteiger charge is -2.14. The van der Waals surface area contributed by atoms with E-state index in [2.05, 4.69) is 5.10 Å². The number of carbonyl (C=O) groups is 1. The Kier molecular flexibility index (Phi) is 6.32. The van der Waals surface area contributed by atoms with E-state index in [1.165, 1.54) is 4.88 Å². The highest BCUT2D eigenvalue weighted by atomic mass is 35.5. The largest absolute Gasteiger partial charge is 0.330 e. The van der Waals surface area contributed by atoms with Gasteiger partial charge in [0.25, 0.3) is 0 Å². The molecule has 0 fully saturated rings. The third-order valence-corrected chi connectivity index (χ3v) is 7.47. The molecule has 0 radical (unpaired) electrons. The molecular weight excluding hydrogens is 449 g/mol. The van der Waals surface area contributed by atoms with Gasteiger partial charge in [-0.15, -0.1) is 11.3 Å². The Balaban J connectivity index is 1.53. The summed E-state index contributed by atoms with van der Waals surface area (Å²) < 4.78 is 1.93. The van der Waals surface area contributed by atoms with Crippen molar-refractivity contribution in [1.82, 2.24) is 9.78 Å². The van der Waals surface area contributed by atoms with Crippen LogP contribution in [-0.4, -0.2) is 22.1 Å². The average molecular weight is 469 g/mol. The summed E-state index contributed by atoms with van der Waals surface area (Å²) in [6, 6.07) is 7.52. The van der Waals surface area contributed by atoms with Crippen LogP contribution in [0.25, 0.3) is 11.3 Å². The first-order valence-corrected chi connectivity index (χ1v) is 11.4. The Morgan fingerprint density at radius 2 is 2.03 bits per heavy atom. The van der Waals surface area contributed by atoms with Gasteiger partial charge >= 0.3 is 0 Å². The molecule has 0 aliphatic carbocycles. The second-order valence-corrected chi connectivity index (χ2v) is 9.66. The number of fused-ring (bicyclic) bond motifs is 3. The summed E-state index contributed by atoms with van der Waals surface area (Å²) in [6.07, 6.45) is 4.66. The highest BCUT2D eigenvalue weighted by Crippen LogP contribution is 2.39. The molecule has 1 aromatic carbocycles. The fourth-order valence-corrected chi connectivity index (χ4v) is 5.46. The molecule has 29 heavy (non-hydrogen) atoms. The fourth-order valence-electron chi connectivity index (χ4n) is 3.74. The highest BCUT2D eigenvalue weighted by Gasteiger charge is 2.24. The second-order valence-electron chi connectivity index (χ2n) is 7.30. The van der Waals surface area contributed by atoms with Crippen LogP contribution in [0.4, 0.5) is 0 Å². The normalized spacial score (nSPS) is 14.2. The number of hydrogen-bond donors (Lipinski definition) is 1.